The number of nitrogens with one attached hydrogen (secondary N) is 1. The van der Waals surface area contributed by atoms with Crippen LogP contribution in [0, 0.1) is 12.7 Å². The Morgan fingerprint density at radius 1 is 1.35 bits per heavy atom. The van der Waals surface area contributed by atoms with E-state index in [9.17, 15) is 12.8 Å². The molecular formula is C12H9BrClFN2O2S. The summed E-state index contributed by atoms with van der Waals surface area (Å²) in [6, 6.07) is 5.12. The van der Waals surface area contributed by atoms with Gasteiger partial charge in [-0.3, -0.25) is 4.72 Å². The first-order valence-corrected chi connectivity index (χ1v) is 8.05. The largest absolute Gasteiger partial charge is 0.279 e. The van der Waals surface area contributed by atoms with Crippen molar-refractivity contribution >= 4 is 43.2 Å². The highest BCUT2D eigenvalue weighted by molar-refractivity contribution is 9.10. The first-order valence-electron chi connectivity index (χ1n) is 5.39. The van der Waals surface area contributed by atoms with Gasteiger partial charge in [-0.1, -0.05) is 11.6 Å². The molecule has 0 amide bonds. The van der Waals surface area contributed by atoms with Crippen molar-refractivity contribution in [3.05, 3.63) is 51.5 Å². The fraction of sp³-hybridized carbons (Fsp3) is 0.0833. The van der Waals surface area contributed by atoms with Crippen LogP contribution < -0.4 is 4.72 Å². The van der Waals surface area contributed by atoms with E-state index in [1.807, 2.05) is 0 Å². The molecule has 2 aromatic rings. The van der Waals surface area contributed by atoms with Crippen LogP contribution in [0.4, 0.5) is 10.1 Å². The fourth-order valence-electron chi connectivity index (χ4n) is 1.51. The van der Waals surface area contributed by atoms with Crippen LogP contribution in [0.1, 0.15) is 5.56 Å². The molecule has 2 rings (SSSR count). The van der Waals surface area contributed by atoms with Crippen molar-refractivity contribution in [3.8, 4) is 0 Å². The van der Waals surface area contributed by atoms with Crippen molar-refractivity contribution < 1.29 is 12.8 Å². The molecule has 0 aliphatic rings. The van der Waals surface area contributed by atoms with Gasteiger partial charge >= 0.3 is 0 Å². The molecule has 0 fully saturated rings. The van der Waals surface area contributed by atoms with Gasteiger partial charge in [-0.2, -0.15) is 0 Å². The summed E-state index contributed by atoms with van der Waals surface area (Å²) in [6.45, 7) is 1.67. The second-order valence-corrected chi connectivity index (χ2v) is 6.92. The molecule has 0 spiro atoms. The highest BCUT2D eigenvalue weighted by Gasteiger charge is 2.17. The lowest BCUT2D eigenvalue weighted by Gasteiger charge is -2.11. The van der Waals surface area contributed by atoms with Gasteiger partial charge in [-0.15, -0.1) is 0 Å². The summed E-state index contributed by atoms with van der Waals surface area (Å²) in [7, 11) is -3.84. The van der Waals surface area contributed by atoms with Crippen LogP contribution in [-0.4, -0.2) is 13.4 Å². The first kappa shape index (κ1) is 15.2. The van der Waals surface area contributed by atoms with Crippen molar-refractivity contribution in [2.75, 3.05) is 4.72 Å². The van der Waals surface area contributed by atoms with E-state index in [2.05, 4.69) is 25.6 Å². The van der Waals surface area contributed by atoms with Gasteiger partial charge in [0, 0.05) is 6.20 Å². The number of benzene rings is 1. The second-order valence-electron chi connectivity index (χ2n) is 4.00. The SMILES string of the molecule is Cc1cc(Br)c(F)cc1NS(=O)(=O)c1ccnc(Cl)c1. The minimum Gasteiger partial charge on any atom is -0.279 e. The maximum absolute atomic E-state index is 13.5. The summed E-state index contributed by atoms with van der Waals surface area (Å²) < 4.78 is 40.4. The molecule has 8 heteroatoms. The maximum atomic E-state index is 13.5. The Kier molecular flexibility index (Phi) is 4.31. The molecule has 20 heavy (non-hydrogen) atoms. The zero-order valence-electron chi connectivity index (χ0n) is 10.2. The quantitative estimate of drug-likeness (QED) is 0.826. The number of pyridine rings is 1. The Morgan fingerprint density at radius 3 is 2.70 bits per heavy atom. The summed E-state index contributed by atoms with van der Waals surface area (Å²) >= 11 is 8.70. The third-order valence-electron chi connectivity index (χ3n) is 2.52. The predicted octanol–water partition coefficient (Wildman–Crippen LogP) is 3.75. The number of nitrogens with zero attached hydrogens (tertiary/aromatic N) is 1. The topological polar surface area (TPSA) is 59.1 Å². The molecule has 0 aliphatic heterocycles. The van der Waals surface area contributed by atoms with Crippen LogP contribution in [-0.2, 0) is 10.0 Å². The van der Waals surface area contributed by atoms with Gasteiger partial charge in [0.15, 0.2) is 0 Å². The summed E-state index contributed by atoms with van der Waals surface area (Å²) in [5, 5.41) is 0.0617. The zero-order chi connectivity index (χ0) is 14.9. The van der Waals surface area contributed by atoms with Crippen molar-refractivity contribution in [2.24, 2.45) is 0 Å². The Morgan fingerprint density at radius 2 is 2.05 bits per heavy atom. The number of hydrogen-bond acceptors (Lipinski definition) is 3. The van der Waals surface area contributed by atoms with E-state index in [0.717, 1.165) is 6.07 Å². The van der Waals surface area contributed by atoms with Gasteiger partial charge in [0.2, 0.25) is 0 Å². The van der Waals surface area contributed by atoms with E-state index in [1.165, 1.54) is 24.4 Å². The summed E-state index contributed by atoms with van der Waals surface area (Å²) in [5.41, 5.74) is 0.751. The van der Waals surface area contributed by atoms with Crippen LogP contribution in [0.15, 0.2) is 39.8 Å². The number of aryl methyl sites for hydroxylation is 1. The molecule has 1 N–H and O–H groups in total. The van der Waals surface area contributed by atoms with Crippen LogP contribution in [0.2, 0.25) is 5.15 Å². The summed E-state index contributed by atoms with van der Waals surface area (Å²) in [6.07, 6.45) is 1.28. The predicted molar refractivity (Wildman–Crippen MR) is 78.9 cm³/mol. The molecule has 0 unspecified atom stereocenters. The third kappa shape index (κ3) is 3.28. The molecular weight excluding hydrogens is 371 g/mol. The normalized spacial score (nSPS) is 11.4. The van der Waals surface area contributed by atoms with Gasteiger partial charge in [0.05, 0.1) is 15.1 Å². The summed E-state index contributed by atoms with van der Waals surface area (Å²) in [5.74, 6) is -0.555. The first-order chi connectivity index (χ1) is 9.29. The van der Waals surface area contributed by atoms with E-state index in [1.54, 1.807) is 6.92 Å². The van der Waals surface area contributed by atoms with Gasteiger partial charge in [-0.05, 0) is 52.7 Å². The highest BCUT2D eigenvalue weighted by atomic mass is 79.9. The van der Waals surface area contributed by atoms with E-state index < -0.39 is 15.8 Å². The average molecular weight is 380 g/mol. The molecule has 1 aromatic heterocycles. The number of aromatic nitrogens is 1. The van der Waals surface area contributed by atoms with E-state index >= 15 is 0 Å². The van der Waals surface area contributed by atoms with Gasteiger partial charge in [0.1, 0.15) is 11.0 Å². The van der Waals surface area contributed by atoms with E-state index in [4.69, 9.17) is 11.6 Å². The minimum atomic E-state index is -3.84. The molecule has 0 bridgehead atoms. The third-order valence-corrected chi connectivity index (χ3v) is 4.70. The van der Waals surface area contributed by atoms with Crippen molar-refractivity contribution in [2.45, 2.75) is 11.8 Å². The number of halogens is 3. The molecule has 1 heterocycles. The highest BCUT2D eigenvalue weighted by Crippen LogP contribution is 2.26. The van der Waals surface area contributed by atoms with Gasteiger partial charge in [-0.25, -0.2) is 17.8 Å². The van der Waals surface area contributed by atoms with E-state index in [-0.39, 0.29) is 20.2 Å². The average Bonchev–Trinajstić information content (AvgIpc) is 2.36. The van der Waals surface area contributed by atoms with E-state index in [0.29, 0.717) is 5.56 Å². The van der Waals surface area contributed by atoms with Crippen molar-refractivity contribution in [1.29, 1.82) is 0 Å². The Bertz CT molecular complexity index is 768. The standard InChI is InChI=1S/C12H9BrClFN2O2S/c1-7-4-9(13)10(15)6-11(7)17-20(18,19)8-2-3-16-12(14)5-8/h2-6,17H,1H3. The zero-order valence-corrected chi connectivity index (χ0v) is 13.4. The maximum Gasteiger partial charge on any atom is 0.262 e. The fourth-order valence-corrected chi connectivity index (χ4v) is 3.34. The molecule has 0 aliphatic carbocycles. The van der Waals surface area contributed by atoms with Crippen molar-refractivity contribution in [1.82, 2.24) is 4.98 Å². The molecule has 4 nitrogen and oxygen atoms in total. The Balaban J connectivity index is 2.41. The molecule has 0 atom stereocenters. The summed E-state index contributed by atoms with van der Waals surface area (Å²) in [4.78, 5) is 3.67. The Labute approximate surface area is 129 Å². The molecule has 106 valence electrons. The van der Waals surface area contributed by atoms with Crippen molar-refractivity contribution in [3.63, 3.8) is 0 Å². The number of anilines is 1. The Hall–Kier alpha value is -1.18. The molecule has 0 saturated heterocycles. The lowest BCUT2D eigenvalue weighted by atomic mass is 10.2. The van der Waals surface area contributed by atoms with Crippen LogP contribution in [0.5, 0.6) is 0 Å². The lowest BCUT2D eigenvalue weighted by Crippen LogP contribution is -2.14. The smallest absolute Gasteiger partial charge is 0.262 e. The molecule has 0 saturated carbocycles. The monoisotopic (exact) mass is 378 g/mol. The number of rotatable bonds is 3. The van der Waals surface area contributed by atoms with Crippen LogP contribution in [0.25, 0.3) is 0 Å². The van der Waals surface area contributed by atoms with Crippen LogP contribution >= 0.6 is 27.5 Å². The molecule has 1 aromatic carbocycles. The number of sulfonamides is 1. The molecule has 0 radical (unpaired) electrons. The lowest BCUT2D eigenvalue weighted by molar-refractivity contribution is 0.600. The minimum absolute atomic E-state index is 0.0415. The van der Waals surface area contributed by atoms with Gasteiger partial charge in [0.25, 0.3) is 10.0 Å². The number of hydrogen-bond donors (Lipinski definition) is 1. The second kappa shape index (κ2) is 5.67. The van der Waals surface area contributed by atoms with Gasteiger partial charge < -0.3 is 0 Å². The van der Waals surface area contributed by atoms with Crippen LogP contribution in [0.3, 0.4) is 0 Å².